The van der Waals surface area contributed by atoms with E-state index in [0.29, 0.717) is 16.9 Å². The number of esters is 2. The van der Waals surface area contributed by atoms with E-state index < -0.39 is 11.9 Å². The molecule has 0 fully saturated rings. The maximum atomic E-state index is 11.2. The second-order valence-corrected chi connectivity index (χ2v) is 5.39. The van der Waals surface area contributed by atoms with Crippen molar-refractivity contribution in [1.29, 1.82) is 0 Å². The quantitative estimate of drug-likeness (QED) is 0.478. The molecule has 5 heteroatoms. The summed E-state index contributed by atoms with van der Waals surface area (Å²) < 4.78 is 10.3. The lowest BCUT2D eigenvalue weighted by molar-refractivity contribution is -0.142. The van der Waals surface area contributed by atoms with Crippen LogP contribution < -0.4 is 4.74 Å². The van der Waals surface area contributed by atoms with Gasteiger partial charge in [-0.25, -0.2) is 0 Å². The molecule has 0 aliphatic rings. The lowest BCUT2D eigenvalue weighted by atomic mass is 9.94. The van der Waals surface area contributed by atoms with E-state index in [-0.39, 0.29) is 6.61 Å². The Morgan fingerprint density at radius 1 is 1.08 bits per heavy atom. The third kappa shape index (κ3) is 4.29. The maximum absolute atomic E-state index is 11.2. The summed E-state index contributed by atoms with van der Waals surface area (Å²) >= 11 is 0. The summed E-state index contributed by atoms with van der Waals surface area (Å²) in [6, 6.07) is 10.5. The van der Waals surface area contributed by atoms with Gasteiger partial charge in [0.25, 0.3) is 0 Å². The van der Waals surface area contributed by atoms with Crippen molar-refractivity contribution in [3.8, 4) is 16.9 Å². The summed E-state index contributed by atoms with van der Waals surface area (Å²) in [5.74, 6) is -0.445. The number of carbonyl (C=O) groups is 3. The Hall–Kier alpha value is -2.95. The molecular weight excluding hydrogens is 308 g/mol. The average molecular weight is 326 g/mol. The van der Waals surface area contributed by atoms with Gasteiger partial charge in [0, 0.05) is 25.0 Å². The highest BCUT2D eigenvalue weighted by Crippen LogP contribution is 2.32. The third-order valence-corrected chi connectivity index (χ3v) is 3.39. The predicted molar refractivity (Wildman–Crippen MR) is 88.8 cm³/mol. The maximum Gasteiger partial charge on any atom is 0.308 e. The van der Waals surface area contributed by atoms with Gasteiger partial charge in [0.05, 0.1) is 0 Å². The first kappa shape index (κ1) is 17.4. The fraction of sp³-hybridized carbons (Fsp3) is 0.211. The number of rotatable bonds is 5. The van der Waals surface area contributed by atoms with Crippen LogP contribution in [0.15, 0.2) is 36.4 Å². The first-order chi connectivity index (χ1) is 11.4. The van der Waals surface area contributed by atoms with Crippen molar-refractivity contribution >= 4 is 18.2 Å². The van der Waals surface area contributed by atoms with Gasteiger partial charge in [-0.2, -0.15) is 0 Å². The van der Waals surface area contributed by atoms with Crippen LogP contribution >= 0.6 is 0 Å². The van der Waals surface area contributed by atoms with Gasteiger partial charge in [0.2, 0.25) is 0 Å². The second-order valence-electron chi connectivity index (χ2n) is 5.39. The van der Waals surface area contributed by atoms with Crippen LogP contribution in [0.3, 0.4) is 0 Å². The van der Waals surface area contributed by atoms with E-state index in [2.05, 4.69) is 0 Å². The zero-order chi connectivity index (χ0) is 17.7. The highest BCUT2D eigenvalue weighted by Gasteiger charge is 2.14. The first-order valence-corrected chi connectivity index (χ1v) is 7.41. The van der Waals surface area contributed by atoms with E-state index in [9.17, 15) is 14.4 Å². The van der Waals surface area contributed by atoms with Crippen molar-refractivity contribution in [3.63, 3.8) is 0 Å². The molecule has 2 aromatic rings. The molecule has 2 aromatic carbocycles. The van der Waals surface area contributed by atoms with Crippen molar-refractivity contribution in [3.05, 3.63) is 53.1 Å². The van der Waals surface area contributed by atoms with Crippen molar-refractivity contribution in [1.82, 2.24) is 0 Å². The van der Waals surface area contributed by atoms with Crippen LogP contribution in [0.5, 0.6) is 5.75 Å². The van der Waals surface area contributed by atoms with Gasteiger partial charge in [-0.15, -0.1) is 0 Å². The van der Waals surface area contributed by atoms with Gasteiger partial charge in [0.1, 0.15) is 18.6 Å². The van der Waals surface area contributed by atoms with E-state index in [1.807, 2.05) is 13.0 Å². The van der Waals surface area contributed by atoms with Crippen LogP contribution in [0.25, 0.3) is 11.1 Å². The minimum Gasteiger partial charge on any atom is -0.461 e. The highest BCUT2D eigenvalue weighted by atomic mass is 16.5. The molecule has 124 valence electrons. The lowest BCUT2D eigenvalue weighted by Crippen LogP contribution is -2.05. The Labute approximate surface area is 140 Å². The van der Waals surface area contributed by atoms with Crippen LogP contribution in [0.4, 0.5) is 0 Å². The molecule has 24 heavy (non-hydrogen) atoms. The van der Waals surface area contributed by atoms with Crippen LogP contribution in [0.2, 0.25) is 0 Å². The molecule has 5 nitrogen and oxygen atoms in total. The van der Waals surface area contributed by atoms with Gasteiger partial charge in [0.15, 0.2) is 0 Å². The summed E-state index contributed by atoms with van der Waals surface area (Å²) in [4.78, 5) is 33.4. The molecule has 0 radical (unpaired) electrons. The molecule has 0 atom stereocenters. The van der Waals surface area contributed by atoms with Crippen LogP contribution in [0, 0.1) is 6.92 Å². The third-order valence-electron chi connectivity index (χ3n) is 3.39. The predicted octanol–water partition coefficient (Wildman–Crippen LogP) is 3.46. The van der Waals surface area contributed by atoms with E-state index in [1.54, 1.807) is 30.3 Å². The van der Waals surface area contributed by atoms with Crippen LogP contribution in [0.1, 0.15) is 35.3 Å². The molecule has 0 saturated carbocycles. The topological polar surface area (TPSA) is 69.7 Å². The minimum atomic E-state index is -0.427. The molecule has 0 bridgehead atoms. The van der Waals surface area contributed by atoms with E-state index in [1.165, 1.54) is 13.8 Å². The Morgan fingerprint density at radius 2 is 1.83 bits per heavy atom. The van der Waals surface area contributed by atoms with Crippen molar-refractivity contribution in [2.45, 2.75) is 27.4 Å². The van der Waals surface area contributed by atoms with Crippen molar-refractivity contribution in [2.75, 3.05) is 0 Å². The van der Waals surface area contributed by atoms with Gasteiger partial charge in [-0.05, 0) is 41.8 Å². The number of aldehydes is 1. The molecule has 0 saturated heterocycles. The molecule has 0 heterocycles. The molecule has 0 unspecified atom stereocenters. The fourth-order valence-corrected chi connectivity index (χ4v) is 2.52. The number of ether oxygens (including phenoxy) is 2. The largest absolute Gasteiger partial charge is 0.461 e. The number of aryl methyl sites for hydroxylation is 1. The normalized spacial score (nSPS) is 10.1. The van der Waals surface area contributed by atoms with Gasteiger partial charge in [-0.1, -0.05) is 18.2 Å². The summed E-state index contributed by atoms with van der Waals surface area (Å²) in [6.07, 6.45) is 0.776. The highest BCUT2D eigenvalue weighted by molar-refractivity contribution is 5.81. The Bertz CT molecular complexity index is 792. The van der Waals surface area contributed by atoms with Gasteiger partial charge >= 0.3 is 11.9 Å². The van der Waals surface area contributed by atoms with E-state index in [0.717, 1.165) is 23.0 Å². The average Bonchev–Trinajstić information content (AvgIpc) is 2.52. The van der Waals surface area contributed by atoms with Crippen LogP contribution in [-0.4, -0.2) is 18.2 Å². The Balaban J connectivity index is 2.56. The Kier molecular flexibility index (Phi) is 5.47. The zero-order valence-corrected chi connectivity index (χ0v) is 13.8. The number of benzene rings is 2. The van der Waals surface area contributed by atoms with Crippen molar-refractivity contribution in [2.24, 2.45) is 0 Å². The standard InChI is InChI=1S/C19H18O5/c1-12-7-18(24-14(3)22)9-17(11-23-13(2)21)19(12)16-6-4-5-15(8-16)10-20/h4-10H,11H2,1-3H3. The van der Waals surface area contributed by atoms with Crippen LogP contribution in [-0.2, 0) is 20.9 Å². The van der Waals surface area contributed by atoms with Gasteiger partial charge in [-0.3, -0.25) is 14.4 Å². The Morgan fingerprint density at radius 3 is 2.46 bits per heavy atom. The number of hydrogen-bond donors (Lipinski definition) is 0. The summed E-state index contributed by atoms with van der Waals surface area (Å²) in [7, 11) is 0. The molecule has 2 rings (SSSR count). The fourth-order valence-electron chi connectivity index (χ4n) is 2.52. The second kappa shape index (κ2) is 7.55. The smallest absolute Gasteiger partial charge is 0.308 e. The van der Waals surface area contributed by atoms with Gasteiger partial charge < -0.3 is 9.47 Å². The number of carbonyl (C=O) groups excluding carboxylic acids is 3. The summed E-state index contributed by atoms with van der Waals surface area (Å²) in [6.45, 7) is 4.57. The van der Waals surface area contributed by atoms with Crippen molar-refractivity contribution < 1.29 is 23.9 Å². The first-order valence-electron chi connectivity index (χ1n) is 7.41. The van der Waals surface area contributed by atoms with E-state index in [4.69, 9.17) is 9.47 Å². The minimum absolute atomic E-state index is 0.0475. The molecule has 0 amide bonds. The molecule has 0 N–H and O–H groups in total. The molecular formula is C19H18O5. The number of hydrogen-bond acceptors (Lipinski definition) is 5. The SMILES string of the molecule is CC(=O)OCc1cc(OC(C)=O)cc(C)c1-c1cccc(C=O)c1. The lowest BCUT2D eigenvalue weighted by Gasteiger charge is -2.15. The summed E-state index contributed by atoms with van der Waals surface area (Å²) in [5.41, 5.74) is 3.77. The van der Waals surface area contributed by atoms with E-state index >= 15 is 0 Å². The zero-order valence-electron chi connectivity index (χ0n) is 13.8. The molecule has 0 spiro atoms. The molecule has 0 aliphatic carbocycles. The molecule has 0 aromatic heterocycles. The monoisotopic (exact) mass is 326 g/mol. The summed E-state index contributed by atoms with van der Waals surface area (Å²) in [5, 5.41) is 0. The molecule has 0 aliphatic heterocycles.